The van der Waals surface area contributed by atoms with Crippen molar-refractivity contribution in [1.29, 1.82) is 0 Å². The van der Waals surface area contributed by atoms with E-state index < -0.39 is 11.7 Å². The standard InChI is InChI=1S/C12H9FN2O2/c13-11-6-2-1-5-10(11)12(16)15-14-8-9-4-3-7-17-9/h1-8H,(H,15,16)/b14-8-. The minimum atomic E-state index is -0.606. The lowest BCUT2D eigenvalue weighted by Crippen LogP contribution is -2.18. The van der Waals surface area contributed by atoms with E-state index >= 15 is 0 Å². The van der Waals surface area contributed by atoms with Crippen LogP contribution in [0.15, 0.2) is 52.2 Å². The maximum Gasteiger partial charge on any atom is 0.274 e. The number of rotatable bonds is 3. The Morgan fingerprint density at radius 1 is 1.29 bits per heavy atom. The molecule has 2 aromatic rings. The molecule has 0 fully saturated rings. The van der Waals surface area contributed by atoms with Gasteiger partial charge >= 0.3 is 0 Å². The summed E-state index contributed by atoms with van der Waals surface area (Å²) in [5.74, 6) is -0.692. The summed E-state index contributed by atoms with van der Waals surface area (Å²) in [4.78, 5) is 11.5. The number of hydrogen-bond acceptors (Lipinski definition) is 3. The van der Waals surface area contributed by atoms with E-state index in [2.05, 4.69) is 10.5 Å². The highest BCUT2D eigenvalue weighted by molar-refractivity contribution is 5.94. The van der Waals surface area contributed by atoms with Crippen molar-refractivity contribution >= 4 is 12.1 Å². The lowest BCUT2D eigenvalue weighted by molar-refractivity contribution is 0.0951. The highest BCUT2D eigenvalue weighted by atomic mass is 19.1. The maximum atomic E-state index is 13.2. The van der Waals surface area contributed by atoms with Gasteiger partial charge in [0.1, 0.15) is 11.6 Å². The summed E-state index contributed by atoms with van der Waals surface area (Å²) in [6, 6.07) is 9.06. The molecule has 5 heteroatoms. The summed E-state index contributed by atoms with van der Waals surface area (Å²) in [7, 11) is 0. The first-order valence-corrected chi connectivity index (χ1v) is 4.89. The Morgan fingerprint density at radius 3 is 2.82 bits per heavy atom. The summed E-state index contributed by atoms with van der Waals surface area (Å²) < 4.78 is 18.2. The molecule has 0 radical (unpaired) electrons. The van der Waals surface area contributed by atoms with Gasteiger partial charge < -0.3 is 4.42 Å². The van der Waals surface area contributed by atoms with Gasteiger partial charge in [-0.3, -0.25) is 4.79 Å². The van der Waals surface area contributed by atoms with Crippen LogP contribution in [0.1, 0.15) is 16.1 Å². The fourth-order valence-corrected chi connectivity index (χ4v) is 1.22. The Hall–Kier alpha value is -2.43. The van der Waals surface area contributed by atoms with Gasteiger partial charge in [-0.15, -0.1) is 0 Å². The Bertz CT molecular complexity index is 535. The fourth-order valence-electron chi connectivity index (χ4n) is 1.22. The summed E-state index contributed by atoms with van der Waals surface area (Å²) >= 11 is 0. The van der Waals surface area contributed by atoms with Crippen molar-refractivity contribution in [3.63, 3.8) is 0 Å². The Morgan fingerprint density at radius 2 is 2.12 bits per heavy atom. The molecule has 0 saturated heterocycles. The largest absolute Gasteiger partial charge is 0.463 e. The molecule has 0 saturated carbocycles. The van der Waals surface area contributed by atoms with Crippen LogP contribution in [-0.2, 0) is 0 Å². The number of halogens is 1. The van der Waals surface area contributed by atoms with Gasteiger partial charge in [-0.05, 0) is 24.3 Å². The van der Waals surface area contributed by atoms with E-state index in [1.54, 1.807) is 18.2 Å². The molecule has 0 spiro atoms. The van der Waals surface area contributed by atoms with Gasteiger partial charge in [-0.2, -0.15) is 5.10 Å². The van der Waals surface area contributed by atoms with E-state index in [1.807, 2.05) is 0 Å². The second-order valence-corrected chi connectivity index (χ2v) is 3.19. The molecule has 0 aliphatic carbocycles. The van der Waals surface area contributed by atoms with Crippen molar-refractivity contribution in [2.24, 2.45) is 5.10 Å². The molecule has 0 aliphatic heterocycles. The quantitative estimate of drug-likeness (QED) is 0.651. The Balaban J connectivity index is 2.01. The number of amides is 1. The van der Waals surface area contributed by atoms with Gasteiger partial charge in [0.25, 0.3) is 5.91 Å². The number of hydrazone groups is 1. The molecular weight excluding hydrogens is 223 g/mol. The predicted molar refractivity (Wildman–Crippen MR) is 60.2 cm³/mol. The third-order valence-corrected chi connectivity index (χ3v) is 2.02. The van der Waals surface area contributed by atoms with Gasteiger partial charge in [-0.25, -0.2) is 9.82 Å². The topological polar surface area (TPSA) is 54.6 Å². The van der Waals surface area contributed by atoms with Crippen LogP contribution in [0.25, 0.3) is 0 Å². The van der Waals surface area contributed by atoms with E-state index in [0.717, 1.165) is 0 Å². The highest BCUT2D eigenvalue weighted by Gasteiger charge is 2.08. The molecule has 4 nitrogen and oxygen atoms in total. The van der Waals surface area contributed by atoms with Crippen LogP contribution in [0, 0.1) is 5.82 Å². The SMILES string of the molecule is O=C(N/N=C\c1ccco1)c1ccccc1F. The van der Waals surface area contributed by atoms with Crippen LogP contribution in [0.3, 0.4) is 0 Å². The van der Waals surface area contributed by atoms with Crippen molar-refractivity contribution in [2.75, 3.05) is 0 Å². The zero-order valence-corrected chi connectivity index (χ0v) is 8.76. The average Bonchev–Trinajstić information content (AvgIpc) is 2.82. The maximum absolute atomic E-state index is 13.2. The molecule has 17 heavy (non-hydrogen) atoms. The second-order valence-electron chi connectivity index (χ2n) is 3.19. The van der Waals surface area contributed by atoms with Crippen molar-refractivity contribution in [1.82, 2.24) is 5.43 Å². The van der Waals surface area contributed by atoms with Crippen molar-refractivity contribution in [2.45, 2.75) is 0 Å². The van der Waals surface area contributed by atoms with Gasteiger partial charge in [0, 0.05) is 0 Å². The lowest BCUT2D eigenvalue weighted by Gasteiger charge is -1.99. The third kappa shape index (κ3) is 2.78. The number of nitrogens with zero attached hydrogens (tertiary/aromatic N) is 1. The smallest absolute Gasteiger partial charge is 0.274 e. The number of furan rings is 1. The van der Waals surface area contributed by atoms with E-state index in [1.165, 1.54) is 30.7 Å². The highest BCUT2D eigenvalue weighted by Crippen LogP contribution is 2.05. The van der Waals surface area contributed by atoms with Crippen LogP contribution >= 0.6 is 0 Å². The zero-order valence-electron chi connectivity index (χ0n) is 8.76. The first kappa shape index (κ1) is 11.1. The average molecular weight is 232 g/mol. The van der Waals surface area contributed by atoms with E-state index in [9.17, 15) is 9.18 Å². The van der Waals surface area contributed by atoms with Crippen LogP contribution < -0.4 is 5.43 Å². The van der Waals surface area contributed by atoms with E-state index in [0.29, 0.717) is 5.76 Å². The third-order valence-electron chi connectivity index (χ3n) is 2.02. The molecule has 0 atom stereocenters. The van der Waals surface area contributed by atoms with Crippen LogP contribution in [-0.4, -0.2) is 12.1 Å². The first-order chi connectivity index (χ1) is 8.27. The monoisotopic (exact) mass is 232 g/mol. The summed E-state index contributed by atoms with van der Waals surface area (Å²) in [6.07, 6.45) is 2.82. The molecule has 1 heterocycles. The first-order valence-electron chi connectivity index (χ1n) is 4.89. The van der Waals surface area contributed by atoms with E-state index in [4.69, 9.17) is 4.42 Å². The van der Waals surface area contributed by atoms with Gasteiger partial charge in [0.2, 0.25) is 0 Å². The number of carbonyl (C=O) groups is 1. The van der Waals surface area contributed by atoms with Gasteiger partial charge in [0.05, 0.1) is 18.0 Å². The minimum absolute atomic E-state index is 0.0518. The summed E-state index contributed by atoms with van der Waals surface area (Å²) in [5.41, 5.74) is 2.16. The molecule has 0 aliphatic rings. The molecule has 0 bridgehead atoms. The molecule has 1 amide bonds. The summed E-state index contributed by atoms with van der Waals surface area (Å²) in [5, 5.41) is 3.65. The fraction of sp³-hybridized carbons (Fsp3) is 0. The minimum Gasteiger partial charge on any atom is -0.463 e. The number of nitrogens with one attached hydrogen (secondary N) is 1. The van der Waals surface area contributed by atoms with E-state index in [-0.39, 0.29) is 5.56 Å². The zero-order chi connectivity index (χ0) is 12.1. The molecule has 1 N–H and O–H groups in total. The number of carbonyl (C=O) groups excluding carboxylic acids is 1. The predicted octanol–water partition coefficient (Wildman–Crippen LogP) is 2.18. The molecule has 0 unspecified atom stereocenters. The van der Waals surface area contributed by atoms with Crippen molar-refractivity contribution < 1.29 is 13.6 Å². The van der Waals surface area contributed by atoms with Crippen molar-refractivity contribution in [3.05, 3.63) is 59.8 Å². The van der Waals surface area contributed by atoms with Crippen molar-refractivity contribution in [3.8, 4) is 0 Å². The van der Waals surface area contributed by atoms with Crippen LogP contribution in [0.2, 0.25) is 0 Å². The molecule has 1 aromatic heterocycles. The van der Waals surface area contributed by atoms with Crippen LogP contribution in [0.4, 0.5) is 4.39 Å². The molecule has 2 rings (SSSR count). The molecule has 86 valence electrons. The lowest BCUT2D eigenvalue weighted by atomic mass is 10.2. The Kier molecular flexibility index (Phi) is 3.30. The van der Waals surface area contributed by atoms with Gasteiger partial charge in [0.15, 0.2) is 0 Å². The number of hydrogen-bond donors (Lipinski definition) is 1. The van der Waals surface area contributed by atoms with Gasteiger partial charge in [-0.1, -0.05) is 12.1 Å². The van der Waals surface area contributed by atoms with Crippen LogP contribution in [0.5, 0.6) is 0 Å². The Labute approximate surface area is 96.8 Å². The molecular formula is C12H9FN2O2. The molecule has 1 aromatic carbocycles. The normalized spacial score (nSPS) is 10.6. The second kappa shape index (κ2) is 5.07. The number of benzene rings is 1. The summed E-state index contributed by atoms with van der Waals surface area (Å²) in [6.45, 7) is 0.